The summed E-state index contributed by atoms with van der Waals surface area (Å²) in [6.07, 6.45) is 11.6. The summed E-state index contributed by atoms with van der Waals surface area (Å²) < 4.78 is 0. The lowest BCUT2D eigenvalue weighted by Gasteiger charge is -2.28. The molecule has 1 heterocycles. The summed E-state index contributed by atoms with van der Waals surface area (Å²) >= 11 is 0. The van der Waals surface area contributed by atoms with Crippen LogP contribution in [0.2, 0.25) is 0 Å². The quantitative estimate of drug-likeness (QED) is 0.821. The molecule has 0 radical (unpaired) electrons. The lowest BCUT2D eigenvalue weighted by Crippen LogP contribution is -2.25. The Morgan fingerprint density at radius 3 is 3.00 bits per heavy atom. The van der Waals surface area contributed by atoms with Crippen LogP contribution in [0.4, 0.5) is 0 Å². The molecule has 2 unspecified atom stereocenters. The third-order valence-electron chi connectivity index (χ3n) is 5.05. The zero-order valence-electron chi connectivity index (χ0n) is 12.9. The summed E-state index contributed by atoms with van der Waals surface area (Å²) in [5.74, 6) is 0.789. The summed E-state index contributed by atoms with van der Waals surface area (Å²) in [7, 11) is 0. The summed E-state index contributed by atoms with van der Waals surface area (Å²) in [4.78, 5) is 4.26. The zero-order valence-corrected chi connectivity index (χ0v) is 12.9. The lowest BCUT2D eigenvalue weighted by atomic mass is 9.83. The molecular formula is C19H25NO. The van der Waals surface area contributed by atoms with E-state index in [1.165, 1.54) is 24.6 Å². The molecule has 1 aliphatic rings. The number of rotatable bonds is 3. The molecule has 1 fully saturated rings. The molecule has 2 aromatic rings. The number of aliphatic hydroxyl groups is 1. The largest absolute Gasteiger partial charge is 0.385 e. The van der Waals surface area contributed by atoms with E-state index in [0.29, 0.717) is 0 Å². The van der Waals surface area contributed by atoms with Crippen LogP contribution < -0.4 is 0 Å². The fraction of sp³-hybridized carbons (Fsp3) is 0.526. The van der Waals surface area contributed by atoms with E-state index in [-0.39, 0.29) is 0 Å². The number of pyridine rings is 1. The summed E-state index contributed by atoms with van der Waals surface area (Å²) in [6, 6.07) is 8.27. The van der Waals surface area contributed by atoms with Crippen LogP contribution in [0.15, 0.2) is 36.7 Å². The monoisotopic (exact) mass is 283 g/mol. The molecular weight excluding hydrogens is 258 g/mol. The van der Waals surface area contributed by atoms with Crippen molar-refractivity contribution < 1.29 is 5.11 Å². The van der Waals surface area contributed by atoms with E-state index in [4.69, 9.17) is 0 Å². The highest BCUT2D eigenvalue weighted by atomic mass is 16.3. The third-order valence-corrected chi connectivity index (χ3v) is 5.05. The minimum Gasteiger partial charge on any atom is -0.385 e. The molecule has 2 atom stereocenters. The van der Waals surface area contributed by atoms with Gasteiger partial charge in [-0.15, -0.1) is 0 Å². The number of fused-ring (bicyclic) bond motifs is 1. The Hall–Kier alpha value is -1.41. The van der Waals surface area contributed by atoms with Crippen LogP contribution in [0.5, 0.6) is 0 Å². The van der Waals surface area contributed by atoms with Crippen LogP contribution in [-0.4, -0.2) is 10.1 Å². The molecule has 112 valence electrons. The minimum absolute atomic E-state index is 0.676. The van der Waals surface area contributed by atoms with E-state index in [9.17, 15) is 5.11 Å². The van der Waals surface area contributed by atoms with Crippen molar-refractivity contribution in [2.75, 3.05) is 0 Å². The minimum atomic E-state index is -0.676. The van der Waals surface area contributed by atoms with Gasteiger partial charge in [0.2, 0.25) is 0 Å². The van der Waals surface area contributed by atoms with Crippen molar-refractivity contribution in [3.8, 4) is 0 Å². The molecule has 0 aliphatic heterocycles. The molecule has 0 amide bonds. The number of hydrogen-bond acceptors (Lipinski definition) is 2. The van der Waals surface area contributed by atoms with Crippen molar-refractivity contribution >= 4 is 10.8 Å². The highest BCUT2D eigenvalue weighted by Gasteiger charge is 2.33. The number of nitrogens with zero attached hydrogens (tertiary/aromatic N) is 1. The van der Waals surface area contributed by atoms with E-state index in [1.54, 1.807) is 0 Å². The molecule has 2 heteroatoms. The molecule has 0 saturated heterocycles. The van der Waals surface area contributed by atoms with Crippen LogP contribution in [-0.2, 0) is 5.60 Å². The van der Waals surface area contributed by atoms with Crippen molar-refractivity contribution in [3.05, 3.63) is 42.2 Å². The van der Waals surface area contributed by atoms with Gasteiger partial charge in [0.05, 0.1) is 5.60 Å². The van der Waals surface area contributed by atoms with Gasteiger partial charge in [0.1, 0.15) is 0 Å². The number of benzene rings is 1. The molecule has 2 nitrogen and oxygen atoms in total. The van der Waals surface area contributed by atoms with Gasteiger partial charge >= 0.3 is 0 Å². The van der Waals surface area contributed by atoms with E-state index in [1.807, 2.05) is 18.5 Å². The third kappa shape index (κ3) is 2.96. The molecule has 0 bridgehead atoms. The SMILES string of the molecule is CCCC1CCCC(O)(c2cccc3ccncc23)CC1. The molecule has 1 N–H and O–H groups in total. The Bertz CT molecular complexity index is 604. The van der Waals surface area contributed by atoms with Gasteiger partial charge in [-0.25, -0.2) is 0 Å². The van der Waals surface area contributed by atoms with Crippen LogP contribution in [0.1, 0.15) is 57.4 Å². The van der Waals surface area contributed by atoms with Gasteiger partial charge in [-0.1, -0.05) is 44.4 Å². The fourth-order valence-electron chi connectivity index (χ4n) is 3.88. The summed E-state index contributed by atoms with van der Waals surface area (Å²) in [6.45, 7) is 2.26. The second kappa shape index (κ2) is 6.15. The predicted octanol–water partition coefficient (Wildman–Crippen LogP) is 4.80. The first kappa shape index (κ1) is 14.5. The second-order valence-electron chi connectivity index (χ2n) is 6.52. The van der Waals surface area contributed by atoms with Crippen molar-refractivity contribution in [2.45, 2.75) is 57.5 Å². The van der Waals surface area contributed by atoms with Gasteiger partial charge in [0.25, 0.3) is 0 Å². The summed E-state index contributed by atoms with van der Waals surface area (Å²) in [5, 5.41) is 13.6. The van der Waals surface area contributed by atoms with E-state index < -0.39 is 5.60 Å². The first-order valence-corrected chi connectivity index (χ1v) is 8.28. The zero-order chi connectivity index (χ0) is 14.7. The lowest BCUT2D eigenvalue weighted by molar-refractivity contribution is 0.0210. The van der Waals surface area contributed by atoms with Gasteiger partial charge in [-0.2, -0.15) is 0 Å². The van der Waals surface area contributed by atoms with E-state index in [2.05, 4.69) is 30.1 Å². The Labute approximate surface area is 127 Å². The predicted molar refractivity (Wildman–Crippen MR) is 87.1 cm³/mol. The van der Waals surface area contributed by atoms with Crippen LogP contribution in [0.3, 0.4) is 0 Å². The van der Waals surface area contributed by atoms with Crippen molar-refractivity contribution in [2.24, 2.45) is 5.92 Å². The summed E-state index contributed by atoms with van der Waals surface area (Å²) in [5.41, 5.74) is 0.399. The van der Waals surface area contributed by atoms with E-state index in [0.717, 1.165) is 42.6 Å². The van der Waals surface area contributed by atoms with Gasteiger partial charge in [-0.05, 0) is 48.6 Å². The molecule has 0 spiro atoms. The Balaban J connectivity index is 1.93. The molecule has 3 rings (SSSR count). The highest BCUT2D eigenvalue weighted by molar-refractivity contribution is 5.85. The topological polar surface area (TPSA) is 33.1 Å². The smallest absolute Gasteiger partial charge is 0.0903 e. The standard InChI is InChI=1S/C19H25NO/c1-2-5-15-6-4-11-19(21,12-9-15)18-8-3-7-16-10-13-20-14-17(16)18/h3,7-8,10,13-15,21H,2,4-6,9,11-12H2,1H3. The van der Waals surface area contributed by atoms with Gasteiger partial charge in [-0.3, -0.25) is 4.98 Å². The molecule has 1 aromatic heterocycles. The van der Waals surface area contributed by atoms with Crippen LogP contribution in [0, 0.1) is 5.92 Å². The Morgan fingerprint density at radius 2 is 2.14 bits per heavy atom. The first-order valence-electron chi connectivity index (χ1n) is 8.28. The molecule has 21 heavy (non-hydrogen) atoms. The molecule has 1 aliphatic carbocycles. The fourth-order valence-corrected chi connectivity index (χ4v) is 3.88. The highest BCUT2D eigenvalue weighted by Crippen LogP contribution is 2.41. The van der Waals surface area contributed by atoms with Crippen molar-refractivity contribution in [1.82, 2.24) is 4.98 Å². The average molecular weight is 283 g/mol. The first-order chi connectivity index (χ1) is 10.2. The number of aromatic nitrogens is 1. The maximum Gasteiger partial charge on any atom is 0.0903 e. The van der Waals surface area contributed by atoms with Crippen molar-refractivity contribution in [1.29, 1.82) is 0 Å². The van der Waals surface area contributed by atoms with Crippen molar-refractivity contribution in [3.63, 3.8) is 0 Å². The molecule has 1 saturated carbocycles. The van der Waals surface area contributed by atoms with Gasteiger partial charge in [0, 0.05) is 17.8 Å². The second-order valence-corrected chi connectivity index (χ2v) is 6.52. The average Bonchev–Trinajstić information content (AvgIpc) is 2.70. The normalized spacial score (nSPS) is 26.7. The Morgan fingerprint density at radius 1 is 1.24 bits per heavy atom. The van der Waals surface area contributed by atoms with Gasteiger partial charge < -0.3 is 5.11 Å². The maximum absolute atomic E-state index is 11.3. The van der Waals surface area contributed by atoms with Crippen LogP contribution >= 0.6 is 0 Å². The molecule has 1 aromatic carbocycles. The van der Waals surface area contributed by atoms with Gasteiger partial charge in [0.15, 0.2) is 0 Å². The van der Waals surface area contributed by atoms with E-state index >= 15 is 0 Å². The Kier molecular flexibility index (Phi) is 4.25. The van der Waals surface area contributed by atoms with Crippen LogP contribution in [0.25, 0.3) is 10.8 Å². The number of hydrogen-bond donors (Lipinski definition) is 1. The maximum atomic E-state index is 11.3.